The van der Waals surface area contributed by atoms with Crippen LogP contribution < -0.4 is 11.1 Å². The molecule has 0 unspecified atom stereocenters. The first-order chi connectivity index (χ1) is 10.1. The summed E-state index contributed by atoms with van der Waals surface area (Å²) < 4.78 is 0. The Morgan fingerprint density at radius 3 is 2.71 bits per heavy atom. The molecule has 0 saturated carbocycles. The zero-order valence-electron chi connectivity index (χ0n) is 12.0. The maximum atomic E-state index is 12.4. The Kier molecular flexibility index (Phi) is 3.33. The van der Waals surface area contributed by atoms with Crippen LogP contribution >= 0.6 is 0 Å². The third-order valence-electron chi connectivity index (χ3n) is 4.00. The van der Waals surface area contributed by atoms with E-state index in [1.807, 2.05) is 6.07 Å². The van der Waals surface area contributed by atoms with Gasteiger partial charge in [-0.2, -0.15) is 0 Å². The van der Waals surface area contributed by atoms with Crippen molar-refractivity contribution >= 4 is 11.7 Å². The van der Waals surface area contributed by atoms with Gasteiger partial charge in [0.25, 0.3) is 5.91 Å². The average Bonchev–Trinajstić information content (AvgIpc) is 2.47. The summed E-state index contributed by atoms with van der Waals surface area (Å²) in [5, 5.41) is 3.07. The van der Waals surface area contributed by atoms with Gasteiger partial charge < -0.3 is 11.1 Å². The van der Waals surface area contributed by atoms with E-state index < -0.39 is 0 Å². The standard InChI is InChI=1S/C16H18N4O/c1-16(7-6-11-4-2-3-5-12(11)10-16)20-15(21)13-14(17)19-9-8-18-13/h2-5,8-9H,6-7,10H2,1H3,(H2,17,19)(H,20,21)/t16-/m1/s1. The van der Waals surface area contributed by atoms with Crippen molar-refractivity contribution in [3.05, 3.63) is 53.5 Å². The first kappa shape index (κ1) is 13.5. The first-order valence-corrected chi connectivity index (χ1v) is 7.03. The lowest BCUT2D eigenvalue weighted by Crippen LogP contribution is -2.50. The molecule has 1 aliphatic carbocycles. The highest BCUT2D eigenvalue weighted by molar-refractivity contribution is 5.96. The van der Waals surface area contributed by atoms with Gasteiger partial charge in [-0.3, -0.25) is 4.79 Å². The lowest BCUT2D eigenvalue weighted by atomic mass is 9.79. The van der Waals surface area contributed by atoms with Crippen LogP contribution in [0.25, 0.3) is 0 Å². The largest absolute Gasteiger partial charge is 0.382 e. The molecule has 0 radical (unpaired) electrons. The molecule has 1 aromatic carbocycles. The van der Waals surface area contributed by atoms with E-state index in [1.54, 1.807) is 0 Å². The molecule has 0 saturated heterocycles. The Morgan fingerprint density at radius 2 is 1.95 bits per heavy atom. The first-order valence-electron chi connectivity index (χ1n) is 7.03. The van der Waals surface area contributed by atoms with Gasteiger partial charge in [-0.05, 0) is 37.3 Å². The summed E-state index contributed by atoms with van der Waals surface area (Å²) in [6.45, 7) is 2.06. The van der Waals surface area contributed by atoms with Crippen molar-refractivity contribution in [2.24, 2.45) is 0 Å². The second-order valence-corrected chi connectivity index (χ2v) is 5.75. The van der Waals surface area contributed by atoms with Crippen molar-refractivity contribution in [1.82, 2.24) is 15.3 Å². The number of benzene rings is 1. The predicted molar refractivity (Wildman–Crippen MR) is 80.8 cm³/mol. The lowest BCUT2D eigenvalue weighted by molar-refractivity contribution is 0.0893. The number of anilines is 1. The maximum absolute atomic E-state index is 12.4. The number of nitrogens with two attached hydrogens (primary N) is 1. The van der Waals surface area contributed by atoms with Gasteiger partial charge in [0.05, 0.1) is 0 Å². The molecule has 1 heterocycles. The Bertz CT molecular complexity index is 685. The van der Waals surface area contributed by atoms with Crippen LogP contribution in [0.3, 0.4) is 0 Å². The van der Waals surface area contributed by atoms with E-state index in [1.165, 1.54) is 23.5 Å². The molecular weight excluding hydrogens is 264 g/mol. The van der Waals surface area contributed by atoms with E-state index in [0.29, 0.717) is 0 Å². The second-order valence-electron chi connectivity index (χ2n) is 5.75. The molecule has 3 rings (SSSR count). The summed E-state index contributed by atoms with van der Waals surface area (Å²) in [7, 11) is 0. The number of nitrogens with zero attached hydrogens (tertiary/aromatic N) is 2. The van der Waals surface area contributed by atoms with E-state index in [9.17, 15) is 4.79 Å². The summed E-state index contributed by atoms with van der Waals surface area (Å²) in [6, 6.07) is 8.36. The maximum Gasteiger partial charge on any atom is 0.274 e. The predicted octanol–water partition coefficient (Wildman–Crippen LogP) is 1.74. The van der Waals surface area contributed by atoms with E-state index in [-0.39, 0.29) is 23.0 Å². The Morgan fingerprint density at radius 1 is 1.24 bits per heavy atom. The highest BCUT2D eigenvalue weighted by Gasteiger charge is 2.32. The molecule has 21 heavy (non-hydrogen) atoms. The van der Waals surface area contributed by atoms with Crippen LogP contribution in [0.1, 0.15) is 35.0 Å². The van der Waals surface area contributed by atoms with Gasteiger partial charge in [0.2, 0.25) is 0 Å². The highest BCUT2D eigenvalue weighted by Crippen LogP contribution is 2.28. The normalized spacial score (nSPS) is 20.6. The third kappa shape index (κ3) is 2.72. The molecule has 1 amide bonds. The van der Waals surface area contributed by atoms with Crippen LogP contribution in [-0.2, 0) is 12.8 Å². The molecular formula is C16H18N4O. The monoisotopic (exact) mass is 282 g/mol. The van der Waals surface area contributed by atoms with Crippen LogP contribution in [0.15, 0.2) is 36.7 Å². The number of hydrogen-bond acceptors (Lipinski definition) is 4. The van der Waals surface area contributed by atoms with Gasteiger partial charge in [0.1, 0.15) is 0 Å². The number of carbonyl (C=O) groups is 1. The van der Waals surface area contributed by atoms with Crippen LogP contribution in [-0.4, -0.2) is 21.4 Å². The SMILES string of the molecule is C[C@@]1(NC(=O)c2nccnc2N)CCc2ccccc2C1. The van der Waals surface area contributed by atoms with E-state index in [0.717, 1.165) is 19.3 Å². The molecule has 108 valence electrons. The topological polar surface area (TPSA) is 80.9 Å². The smallest absolute Gasteiger partial charge is 0.274 e. The minimum Gasteiger partial charge on any atom is -0.382 e. The molecule has 1 aliphatic rings. The van der Waals surface area contributed by atoms with Crippen molar-refractivity contribution in [2.75, 3.05) is 5.73 Å². The summed E-state index contributed by atoms with van der Waals surface area (Å²) in [4.78, 5) is 20.3. The molecule has 1 atom stereocenters. The van der Waals surface area contributed by atoms with Crippen molar-refractivity contribution in [3.63, 3.8) is 0 Å². The fourth-order valence-corrected chi connectivity index (χ4v) is 2.86. The minimum atomic E-state index is -0.282. The number of rotatable bonds is 2. The highest BCUT2D eigenvalue weighted by atomic mass is 16.2. The fourth-order valence-electron chi connectivity index (χ4n) is 2.86. The van der Waals surface area contributed by atoms with Crippen LogP contribution in [0.5, 0.6) is 0 Å². The Labute approximate surface area is 123 Å². The van der Waals surface area contributed by atoms with Crippen molar-refractivity contribution in [1.29, 1.82) is 0 Å². The molecule has 2 aromatic rings. The van der Waals surface area contributed by atoms with Crippen LogP contribution in [0.4, 0.5) is 5.82 Å². The fraction of sp³-hybridized carbons (Fsp3) is 0.312. The number of nitrogens with one attached hydrogen (secondary N) is 1. The molecule has 0 fully saturated rings. The number of aromatic nitrogens is 2. The zero-order valence-corrected chi connectivity index (χ0v) is 12.0. The molecule has 0 spiro atoms. The number of aryl methyl sites for hydroxylation is 1. The second kappa shape index (κ2) is 5.16. The number of nitrogen functional groups attached to an aromatic ring is 1. The van der Waals surface area contributed by atoms with Crippen molar-refractivity contribution < 1.29 is 4.79 Å². The number of carbonyl (C=O) groups excluding carboxylic acids is 1. The van der Waals surface area contributed by atoms with Gasteiger partial charge >= 0.3 is 0 Å². The summed E-state index contributed by atoms with van der Waals surface area (Å²) in [5.41, 5.74) is 8.28. The van der Waals surface area contributed by atoms with Gasteiger partial charge in [-0.25, -0.2) is 9.97 Å². The molecule has 0 aliphatic heterocycles. The molecule has 5 nitrogen and oxygen atoms in total. The van der Waals surface area contributed by atoms with Gasteiger partial charge in [0, 0.05) is 17.9 Å². The van der Waals surface area contributed by atoms with Gasteiger partial charge in [-0.15, -0.1) is 0 Å². The van der Waals surface area contributed by atoms with Crippen molar-refractivity contribution in [3.8, 4) is 0 Å². The van der Waals surface area contributed by atoms with E-state index in [4.69, 9.17) is 5.73 Å². The summed E-state index contributed by atoms with van der Waals surface area (Å²) in [5.74, 6) is -0.0997. The number of hydrogen-bond donors (Lipinski definition) is 2. The zero-order chi connectivity index (χ0) is 14.9. The van der Waals surface area contributed by atoms with Crippen molar-refractivity contribution in [2.45, 2.75) is 31.7 Å². The quantitative estimate of drug-likeness (QED) is 0.879. The number of amides is 1. The van der Waals surface area contributed by atoms with E-state index in [2.05, 4.69) is 40.4 Å². The lowest BCUT2D eigenvalue weighted by Gasteiger charge is -2.35. The van der Waals surface area contributed by atoms with E-state index >= 15 is 0 Å². The summed E-state index contributed by atoms with van der Waals surface area (Å²) in [6.07, 6.45) is 5.63. The molecule has 0 bridgehead atoms. The van der Waals surface area contributed by atoms with Crippen LogP contribution in [0.2, 0.25) is 0 Å². The number of fused-ring (bicyclic) bond motifs is 1. The molecule has 3 N–H and O–H groups in total. The van der Waals surface area contributed by atoms with Gasteiger partial charge in [0.15, 0.2) is 11.5 Å². The van der Waals surface area contributed by atoms with Gasteiger partial charge in [-0.1, -0.05) is 24.3 Å². The molecule has 1 aromatic heterocycles. The molecule has 5 heteroatoms. The Hall–Kier alpha value is -2.43. The third-order valence-corrected chi connectivity index (χ3v) is 4.00. The summed E-state index contributed by atoms with van der Waals surface area (Å²) >= 11 is 0. The minimum absolute atomic E-state index is 0.162. The van der Waals surface area contributed by atoms with Crippen LogP contribution in [0, 0.1) is 0 Å². The Balaban J connectivity index is 1.79. The average molecular weight is 282 g/mol.